The van der Waals surface area contributed by atoms with E-state index < -0.39 is 10.8 Å². The van der Waals surface area contributed by atoms with Crippen LogP contribution < -0.4 is 5.43 Å². The molecule has 2 aromatic rings. The zero-order chi connectivity index (χ0) is 15.4. The van der Waals surface area contributed by atoms with Crippen LogP contribution in [0.4, 0.5) is 5.69 Å². The number of hydrazone groups is 1. The monoisotopic (exact) mass is 463 g/mol. The van der Waals surface area contributed by atoms with Gasteiger partial charge in [-0.1, -0.05) is 12.1 Å². The highest BCUT2D eigenvalue weighted by Gasteiger charge is 2.18. The molecule has 7 nitrogen and oxygen atoms in total. The van der Waals surface area contributed by atoms with Crippen LogP contribution in [0.2, 0.25) is 0 Å². The summed E-state index contributed by atoms with van der Waals surface area (Å²) in [5.41, 5.74) is 1.88. The van der Waals surface area contributed by atoms with Gasteiger partial charge in [-0.3, -0.25) is 14.9 Å². The Kier molecular flexibility index (Phi) is 5.07. The number of amides is 1. The minimum atomic E-state index is -0.668. The van der Waals surface area contributed by atoms with Crippen LogP contribution in [0.15, 0.2) is 44.3 Å². The molecule has 1 amide bonds. The second-order valence-corrected chi connectivity index (χ2v) is 5.58. The molecule has 2 rings (SSSR count). The molecule has 1 N–H and O–H groups in total. The lowest BCUT2D eigenvalue weighted by Gasteiger charge is -2.00. The molecule has 0 saturated heterocycles. The third-order valence-corrected chi connectivity index (χ3v) is 4.50. The van der Waals surface area contributed by atoms with Crippen LogP contribution in [0.3, 0.4) is 0 Å². The van der Waals surface area contributed by atoms with E-state index >= 15 is 0 Å². The first kappa shape index (κ1) is 15.6. The second-order valence-electron chi connectivity index (χ2n) is 3.74. The number of nitrogens with zero attached hydrogens (tertiary/aromatic N) is 2. The summed E-state index contributed by atoms with van der Waals surface area (Å²) < 4.78 is 6.72. The number of hydrogen-bond donors (Lipinski definition) is 1. The van der Waals surface area contributed by atoms with Gasteiger partial charge in [-0.15, -0.1) is 0 Å². The average Bonchev–Trinajstić information content (AvgIpc) is 2.77. The number of hydrogen-bond acceptors (Lipinski definition) is 5. The number of carbonyl (C=O) groups excluding carboxylic acids is 1. The Morgan fingerprint density at radius 2 is 2.19 bits per heavy atom. The van der Waals surface area contributed by atoms with Crippen LogP contribution in [-0.4, -0.2) is 17.0 Å². The van der Waals surface area contributed by atoms with Crippen molar-refractivity contribution < 1.29 is 14.1 Å². The fraction of sp³-hybridized carbons (Fsp3) is 0. The topological polar surface area (TPSA) is 97.7 Å². The third kappa shape index (κ3) is 3.88. The maximum absolute atomic E-state index is 11.9. The number of nitro groups is 1. The Hall–Kier alpha value is -1.75. The standard InChI is InChI=1S/C12H7BrIN3O4/c13-9-5-7(21-11(9)14)6-15-16-12(18)8-3-1-2-4-10(8)17(19)20/h1-6H,(H,16,18). The van der Waals surface area contributed by atoms with Crippen molar-refractivity contribution in [2.45, 2.75) is 0 Å². The number of carbonyl (C=O) groups is 1. The van der Waals surface area contributed by atoms with E-state index in [2.05, 4.69) is 26.5 Å². The van der Waals surface area contributed by atoms with E-state index in [1.807, 2.05) is 22.6 Å². The summed E-state index contributed by atoms with van der Waals surface area (Å²) in [5.74, 6) is -0.229. The Labute approximate surface area is 140 Å². The molecule has 0 radical (unpaired) electrons. The first-order valence-corrected chi connectivity index (χ1v) is 7.38. The van der Waals surface area contributed by atoms with Crippen molar-refractivity contribution in [2.24, 2.45) is 5.10 Å². The molecule has 0 fully saturated rings. The van der Waals surface area contributed by atoms with E-state index in [1.54, 1.807) is 6.07 Å². The molecular formula is C12H7BrIN3O4. The Morgan fingerprint density at radius 3 is 2.81 bits per heavy atom. The molecule has 1 heterocycles. The van der Waals surface area contributed by atoms with E-state index in [0.717, 1.165) is 4.47 Å². The second kappa shape index (κ2) is 6.80. The first-order chi connectivity index (χ1) is 9.99. The van der Waals surface area contributed by atoms with Crippen LogP contribution in [0.1, 0.15) is 16.1 Å². The van der Waals surface area contributed by atoms with Crippen molar-refractivity contribution in [1.29, 1.82) is 0 Å². The number of benzene rings is 1. The SMILES string of the molecule is O=C(NN=Cc1cc(Br)c(I)o1)c1ccccc1[N+](=O)[O-]. The van der Waals surface area contributed by atoms with Gasteiger partial charge < -0.3 is 4.42 Å². The summed E-state index contributed by atoms with van der Waals surface area (Å²) >= 11 is 5.27. The van der Waals surface area contributed by atoms with Crippen LogP contribution in [0.25, 0.3) is 0 Å². The molecule has 0 aliphatic carbocycles. The van der Waals surface area contributed by atoms with Crippen molar-refractivity contribution >= 4 is 56.3 Å². The van der Waals surface area contributed by atoms with Crippen molar-refractivity contribution in [3.8, 4) is 0 Å². The molecule has 0 spiro atoms. The van der Waals surface area contributed by atoms with Crippen LogP contribution in [0, 0.1) is 13.9 Å². The summed E-state index contributed by atoms with van der Waals surface area (Å²) in [6, 6.07) is 7.32. The van der Waals surface area contributed by atoms with Gasteiger partial charge in [0.2, 0.25) is 0 Å². The van der Waals surface area contributed by atoms with Crippen molar-refractivity contribution in [1.82, 2.24) is 5.43 Å². The Morgan fingerprint density at radius 1 is 1.48 bits per heavy atom. The summed E-state index contributed by atoms with van der Waals surface area (Å²) in [5, 5.41) is 14.5. The number of rotatable bonds is 4. The fourth-order valence-electron chi connectivity index (χ4n) is 1.47. The minimum Gasteiger partial charge on any atom is -0.448 e. The maximum atomic E-state index is 11.9. The van der Waals surface area contributed by atoms with E-state index in [1.165, 1.54) is 30.5 Å². The van der Waals surface area contributed by atoms with E-state index in [9.17, 15) is 14.9 Å². The van der Waals surface area contributed by atoms with Gasteiger partial charge in [0.1, 0.15) is 11.3 Å². The number of nitro benzene ring substituents is 1. The minimum absolute atomic E-state index is 0.0603. The van der Waals surface area contributed by atoms with Crippen molar-refractivity contribution in [3.05, 3.63) is 60.0 Å². The highest BCUT2D eigenvalue weighted by Crippen LogP contribution is 2.22. The van der Waals surface area contributed by atoms with Crippen LogP contribution in [0.5, 0.6) is 0 Å². The molecule has 0 saturated carbocycles. The van der Waals surface area contributed by atoms with Gasteiger partial charge in [0, 0.05) is 34.7 Å². The molecule has 1 aromatic carbocycles. The van der Waals surface area contributed by atoms with E-state index in [-0.39, 0.29) is 11.3 Å². The molecule has 9 heteroatoms. The number of para-hydroxylation sites is 1. The van der Waals surface area contributed by atoms with Crippen molar-refractivity contribution in [2.75, 3.05) is 0 Å². The summed E-state index contributed by atoms with van der Waals surface area (Å²) in [6.07, 6.45) is 1.31. The van der Waals surface area contributed by atoms with Gasteiger partial charge in [0.25, 0.3) is 11.6 Å². The molecule has 0 aliphatic heterocycles. The Balaban J connectivity index is 2.10. The zero-order valence-corrected chi connectivity index (χ0v) is 14.0. The third-order valence-electron chi connectivity index (χ3n) is 2.37. The number of nitrogens with one attached hydrogen (secondary N) is 1. The highest BCUT2D eigenvalue weighted by molar-refractivity contribution is 14.1. The summed E-state index contributed by atoms with van der Waals surface area (Å²) in [4.78, 5) is 22.1. The fourth-order valence-corrected chi connectivity index (χ4v) is 2.18. The normalized spacial score (nSPS) is 10.8. The molecule has 1 aromatic heterocycles. The lowest BCUT2D eigenvalue weighted by atomic mass is 10.2. The van der Waals surface area contributed by atoms with Crippen molar-refractivity contribution in [3.63, 3.8) is 0 Å². The lowest BCUT2D eigenvalue weighted by Crippen LogP contribution is -2.18. The summed E-state index contributed by atoms with van der Waals surface area (Å²) in [6.45, 7) is 0. The number of halogens is 2. The van der Waals surface area contributed by atoms with Gasteiger partial charge in [0.15, 0.2) is 3.77 Å². The maximum Gasteiger partial charge on any atom is 0.282 e. The van der Waals surface area contributed by atoms with Crippen LogP contribution in [-0.2, 0) is 0 Å². The molecule has 0 bridgehead atoms. The van der Waals surface area contributed by atoms with Gasteiger partial charge >= 0.3 is 0 Å². The van der Waals surface area contributed by atoms with Gasteiger partial charge in [-0.2, -0.15) is 5.10 Å². The molecule has 0 unspecified atom stereocenters. The predicted molar refractivity (Wildman–Crippen MR) is 87.3 cm³/mol. The van der Waals surface area contributed by atoms with E-state index in [4.69, 9.17) is 4.42 Å². The number of furan rings is 1. The predicted octanol–water partition coefficient (Wildman–Crippen LogP) is 3.32. The average molecular weight is 464 g/mol. The quantitative estimate of drug-likeness (QED) is 0.325. The van der Waals surface area contributed by atoms with E-state index in [0.29, 0.717) is 9.53 Å². The summed E-state index contributed by atoms with van der Waals surface area (Å²) in [7, 11) is 0. The largest absolute Gasteiger partial charge is 0.448 e. The highest BCUT2D eigenvalue weighted by atomic mass is 127. The molecular weight excluding hydrogens is 457 g/mol. The molecule has 21 heavy (non-hydrogen) atoms. The van der Waals surface area contributed by atoms with Gasteiger partial charge in [-0.05, 0) is 22.0 Å². The first-order valence-electron chi connectivity index (χ1n) is 5.50. The Bertz CT molecular complexity index is 710. The molecule has 108 valence electrons. The molecule has 0 aliphatic rings. The molecule has 0 atom stereocenters. The zero-order valence-electron chi connectivity index (χ0n) is 10.2. The lowest BCUT2D eigenvalue weighted by molar-refractivity contribution is -0.385. The smallest absolute Gasteiger partial charge is 0.282 e. The van der Waals surface area contributed by atoms with Gasteiger partial charge in [-0.25, -0.2) is 5.43 Å². The van der Waals surface area contributed by atoms with Gasteiger partial charge in [0.05, 0.1) is 15.6 Å². The van der Waals surface area contributed by atoms with Crippen LogP contribution >= 0.6 is 38.5 Å².